The van der Waals surface area contributed by atoms with Gasteiger partial charge in [0, 0.05) is 19.6 Å². The molecule has 0 aromatic carbocycles. The molecule has 0 aliphatic rings. The van der Waals surface area contributed by atoms with Gasteiger partial charge in [-0.05, 0) is 31.8 Å². The van der Waals surface area contributed by atoms with Crippen molar-refractivity contribution in [1.29, 1.82) is 0 Å². The van der Waals surface area contributed by atoms with Crippen LogP contribution in [0.15, 0.2) is 12.3 Å². The molecule has 0 fully saturated rings. The Morgan fingerprint density at radius 1 is 0.783 bits per heavy atom. The van der Waals surface area contributed by atoms with Crippen molar-refractivity contribution in [2.24, 2.45) is 0 Å². The zero-order valence-corrected chi connectivity index (χ0v) is 15.6. The first kappa shape index (κ1) is 22.4. The third-order valence-corrected chi connectivity index (χ3v) is 3.36. The Balaban J connectivity index is 3.77. The van der Waals surface area contributed by atoms with Gasteiger partial charge in [0.05, 0.1) is 12.9 Å². The zero-order valence-electron chi connectivity index (χ0n) is 15.6. The Morgan fingerprint density at radius 3 is 2.00 bits per heavy atom. The van der Waals surface area contributed by atoms with Crippen LogP contribution in [0.25, 0.3) is 0 Å². The van der Waals surface area contributed by atoms with Crippen LogP contribution in [0.4, 0.5) is 0 Å². The van der Waals surface area contributed by atoms with Gasteiger partial charge in [0.15, 0.2) is 13.1 Å². The summed E-state index contributed by atoms with van der Waals surface area (Å²) >= 11 is 0. The van der Waals surface area contributed by atoms with E-state index in [4.69, 9.17) is 18.9 Å². The van der Waals surface area contributed by atoms with Crippen LogP contribution < -0.4 is 0 Å². The topological polar surface area (TPSA) is 36.9 Å². The molecule has 0 unspecified atom stereocenters. The standard InChI is InChI=1S/C19H38O4/c1-4-7-10-16-22-19(23-17-11-8-5-2)13-9-12-15-21-18-20-14-6-3/h12,15,19H,4-11,13-14,16-18H2,1-3H3. The zero-order chi connectivity index (χ0) is 17.0. The molecule has 0 N–H and O–H groups in total. The number of hydrogen-bond donors (Lipinski definition) is 0. The molecule has 0 saturated heterocycles. The second-order valence-corrected chi connectivity index (χ2v) is 5.73. The molecule has 0 aliphatic carbocycles. The van der Waals surface area contributed by atoms with Gasteiger partial charge >= 0.3 is 0 Å². The second kappa shape index (κ2) is 19.5. The van der Waals surface area contributed by atoms with Gasteiger partial charge in [-0.15, -0.1) is 0 Å². The van der Waals surface area contributed by atoms with Crippen molar-refractivity contribution < 1.29 is 18.9 Å². The van der Waals surface area contributed by atoms with Crippen LogP contribution in [0.2, 0.25) is 0 Å². The van der Waals surface area contributed by atoms with Gasteiger partial charge in [-0.25, -0.2) is 0 Å². The highest BCUT2D eigenvalue weighted by molar-refractivity contribution is 4.73. The lowest BCUT2D eigenvalue weighted by Gasteiger charge is -2.18. The highest BCUT2D eigenvalue weighted by atomic mass is 16.7. The van der Waals surface area contributed by atoms with Crippen molar-refractivity contribution in [2.75, 3.05) is 26.6 Å². The Hall–Kier alpha value is -0.580. The molecule has 4 heteroatoms. The maximum absolute atomic E-state index is 5.86. The highest BCUT2D eigenvalue weighted by Gasteiger charge is 2.08. The minimum Gasteiger partial charge on any atom is -0.475 e. The summed E-state index contributed by atoms with van der Waals surface area (Å²) in [5, 5.41) is 0. The summed E-state index contributed by atoms with van der Waals surface area (Å²) in [6.45, 7) is 9.13. The first-order chi connectivity index (χ1) is 11.3. The minimum absolute atomic E-state index is 0.0929. The lowest BCUT2D eigenvalue weighted by molar-refractivity contribution is -0.146. The number of rotatable bonds is 18. The molecular weight excluding hydrogens is 292 g/mol. The fraction of sp³-hybridized carbons (Fsp3) is 0.895. The van der Waals surface area contributed by atoms with Crippen LogP contribution in [0.3, 0.4) is 0 Å². The van der Waals surface area contributed by atoms with Crippen LogP contribution >= 0.6 is 0 Å². The van der Waals surface area contributed by atoms with Crippen LogP contribution in [-0.2, 0) is 18.9 Å². The van der Waals surface area contributed by atoms with E-state index in [2.05, 4.69) is 20.8 Å². The van der Waals surface area contributed by atoms with Gasteiger partial charge in [-0.2, -0.15) is 0 Å². The van der Waals surface area contributed by atoms with Crippen molar-refractivity contribution >= 4 is 0 Å². The molecule has 23 heavy (non-hydrogen) atoms. The van der Waals surface area contributed by atoms with Gasteiger partial charge < -0.3 is 18.9 Å². The lowest BCUT2D eigenvalue weighted by Crippen LogP contribution is -2.18. The Morgan fingerprint density at radius 2 is 1.43 bits per heavy atom. The molecule has 0 aliphatic heterocycles. The quantitative estimate of drug-likeness (QED) is 0.191. The van der Waals surface area contributed by atoms with Crippen molar-refractivity contribution in [1.82, 2.24) is 0 Å². The Labute approximate surface area is 143 Å². The molecule has 0 spiro atoms. The van der Waals surface area contributed by atoms with Crippen molar-refractivity contribution in [2.45, 2.75) is 84.8 Å². The van der Waals surface area contributed by atoms with Gasteiger partial charge in [0.25, 0.3) is 0 Å². The Kier molecular flexibility index (Phi) is 19.0. The molecule has 0 aromatic heterocycles. The first-order valence-corrected chi connectivity index (χ1v) is 9.42. The van der Waals surface area contributed by atoms with E-state index in [1.807, 2.05) is 6.08 Å². The molecule has 0 aromatic rings. The van der Waals surface area contributed by atoms with Crippen LogP contribution in [-0.4, -0.2) is 32.9 Å². The largest absolute Gasteiger partial charge is 0.475 e. The average molecular weight is 331 g/mol. The molecule has 0 heterocycles. The van der Waals surface area contributed by atoms with E-state index in [1.165, 1.54) is 25.7 Å². The van der Waals surface area contributed by atoms with Crippen molar-refractivity contribution in [3.63, 3.8) is 0 Å². The number of ether oxygens (including phenoxy) is 4. The fourth-order valence-electron chi connectivity index (χ4n) is 2.01. The maximum Gasteiger partial charge on any atom is 0.188 e. The predicted molar refractivity (Wildman–Crippen MR) is 95.3 cm³/mol. The second-order valence-electron chi connectivity index (χ2n) is 5.73. The number of unbranched alkanes of at least 4 members (excludes halogenated alkanes) is 4. The number of allylic oxidation sites excluding steroid dienone is 1. The summed E-state index contributed by atoms with van der Waals surface area (Å²) in [5.74, 6) is 0. The summed E-state index contributed by atoms with van der Waals surface area (Å²) in [7, 11) is 0. The van der Waals surface area contributed by atoms with E-state index in [0.29, 0.717) is 6.79 Å². The smallest absolute Gasteiger partial charge is 0.188 e. The van der Waals surface area contributed by atoms with Crippen LogP contribution in [0.5, 0.6) is 0 Å². The van der Waals surface area contributed by atoms with Crippen molar-refractivity contribution in [3.05, 3.63) is 12.3 Å². The summed E-state index contributed by atoms with van der Waals surface area (Å²) in [6.07, 6.45) is 13.5. The van der Waals surface area contributed by atoms with E-state index in [9.17, 15) is 0 Å². The highest BCUT2D eigenvalue weighted by Crippen LogP contribution is 2.09. The molecule has 0 rings (SSSR count). The molecule has 138 valence electrons. The van der Waals surface area contributed by atoms with Gasteiger partial charge in [-0.1, -0.05) is 46.5 Å². The monoisotopic (exact) mass is 330 g/mol. The van der Waals surface area contributed by atoms with E-state index in [0.717, 1.165) is 51.9 Å². The molecule has 0 bridgehead atoms. The number of hydrogen-bond acceptors (Lipinski definition) is 4. The van der Waals surface area contributed by atoms with Gasteiger partial charge in [0.2, 0.25) is 0 Å². The van der Waals surface area contributed by atoms with Crippen LogP contribution in [0, 0.1) is 0 Å². The molecule has 0 atom stereocenters. The predicted octanol–water partition coefficient (Wildman–Crippen LogP) is 5.42. The fourth-order valence-corrected chi connectivity index (χ4v) is 2.01. The summed E-state index contributed by atoms with van der Waals surface area (Å²) in [6, 6.07) is 0. The van der Waals surface area contributed by atoms with Gasteiger partial charge in [0.1, 0.15) is 0 Å². The lowest BCUT2D eigenvalue weighted by atomic mass is 10.2. The Bertz CT molecular complexity index is 232. The van der Waals surface area contributed by atoms with E-state index >= 15 is 0 Å². The molecular formula is C19H38O4. The minimum atomic E-state index is -0.0929. The third-order valence-electron chi connectivity index (χ3n) is 3.36. The molecule has 0 saturated carbocycles. The van der Waals surface area contributed by atoms with Gasteiger partial charge in [-0.3, -0.25) is 0 Å². The van der Waals surface area contributed by atoms with E-state index in [1.54, 1.807) is 6.26 Å². The molecule has 0 radical (unpaired) electrons. The first-order valence-electron chi connectivity index (χ1n) is 9.42. The SMILES string of the molecule is CCCCCOC(CCC=COCOCCC)OCCCCC. The van der Waals surface area contributed by atoms with Crippen LogP contribution in [0.1, 0.15) is 78.6 Å². The summed E-state index contributed by atoms with van der Waals surface area (Å²) < 4.78 is 22.2. The molecule has 0 amide bonds. The summed E-state index contributed by atoms with van der Waals surface area (Å²) in [4.78, 5) is 0. The average Bonchev–Trinajstić information content (AvgIpc) is 2.57. The van der Waals surface area contributed by atoms with E-state index in [-0.39, 0.29) is 6.29 Å². The molecule has 4 nitrogen and oxygen atoms in total. The maximum atomic E-state index is 5.86. The normalized spacial score (nSPS) is 11.7. The third kappa shape index (κ3) is 17.6. The van der Waals surface area contributed by atoms with E-state index < -0.39 is 0 Å². The van der Waals surface area contributed by atoms with Crippen molar-refractivity contribution in [3.8, 4) is 0 Å². The summed E-state index contributed by atoms with van der Waals surface area (Å²) in [5.41, 5.74) is 0.